The molecule has 0 bridgehead atoms. The van der Waals surface area contributed by atoms with Crippen molar-refractivity contribution in [3.8, 4) is 0 Å². The molecule has 30 heavy (non-hydrogen) atoms. The lowest BCUT2D eigenvalue weighted by Crippen LogP contribution is -2.50. The highest BCUT2D eigenvalue weighted by atomic mass is 32.2. The van der Waals surface area contributed by atoms with Crippen LogP contribution >= 0.6 is 0 Å². The van der Waals surface area contributed by atoms with E-state index in [1.54, 1.807) is 11.1 Å². The van der Waals surface area contributed by atoms with Gasteiger partial charge in [-0.15, -0.1) is 0 Å². The van der Waals surface area contributed by atoms with Gasteiger partial charge in [-0.3, -0.25) is 14.9 Å². The van der Waals surface area contributed by atoms with Gasteiger partial charge in [0.1, 0.15) is 0 Å². The van der Waals surface area contributed by atoms with Gasteiger partial charge in [0.15, 0.2) is 0 Å². The molecule has 1 fully saturated rings. The van der Waals surface area contributed by atoms with Gasteiger partial charge >= 0.3 is 0 Å². The molecule has 1 aliphatic rings. The second-order valence-corrected chi connectivity index (χ2v) is 9.06. The fraction of sp³-hybridized carbons (Fsp3) is 0.250. The molecule has 0 saturated carbocycles. The fourth-order valence-corrected chi connectivity index (χ4v) is 5.18. The van der Waals surface area contributed by atoms with E-state index in [1.807, 2.05) is 35.9 Å². The van der Waals surface area contributed by atoms with E-state index in [1.165, 1.54) is 22.5 Å². The summed E-state index contributed by atoms with van der Waals surface area (Å²) >= 11 is 0. The average Bonchev–Trinajstić information content (AvgIpc) is 3.10. The second-order valence-electron chi connectivity index (χ2n) is 7.12. The number of hydrogen-bond acceptors (Lipinski definition) is 5. The maximum atomic E-state index is 13.0. The summed E-state index contributed by atoms with van der Waals surface area (Å²) < 4.78 is 28.9. The minimum atomic E-state index is -3.88. The number of hydrogen-bond donors (Lipinski definition) is 0. The topological polar surface area (TPSA) is 106 Å². The molecule has 0 atom stereocenters. The van der Waals surface area contributed by atoms with E-state index in [9.17, 15) is 23.3 Å². The monoisotopic (exact) mass is 428 g/mol. The SMILES string of the molecule is Cn1cc(C(=O)N2CCN(S(=O)(=O)c3cccc([N+](=O)[O-])c3)CC2)c2ccccc21. The molecule has 1 aliphatic heterocycles. The minimum absolute atomic E-state index is 0.120. The number of nitro benzene ring substituents is 1. The van der Waals surface area contributed by atoms with Crippen LogP contribution in [0.15, 0.2) is 59.6 Å². The van der Waals surface area contributed by atoms with Gasteiger partial charge in [-0.05, 0) is 12.1 Å². The number of para-hydroxylation sites is 1. The van der Waals surface area contributed by atoms with E-state index < -0.39 is 14.9 Å². The van der Waals surface area contributed by atoms with Crippen LogP contribution in [0.1, 0.15) is 10.4 Å². The number of benzene rings is 2. The standard InChI is InChI=1S/C20H20N4O5S/c1-21-14-18(17-7-2-3-8-19(17)21)20(25)22-9-11-23(12-10-22)30(28,29)16-6-4-5-15(13-16)24(26)27/h2-8,13-14H,9-12H2,1H3. The third-order valence-corrected chi connectivity index (χ3v) is 7.21. The maximum absolute atomic E-state index is 13.0. The fourth-order valence-electron chi connectivity index (χ4n) is 3.72. The van der Waals surface area contributed by atoms with Crippen LogP contribution in [0.4, 0.5) is 5.69 Å². The smallest absolute Gasteiger partial charge is 0.270 e. The number of piperazine rings is 1. The Hall–Kier alpha value is -3.24. The third-order valence-electron chi connectivity index (χ3n) is 5.32. The Morgan fingerprint density at radius 1 is 1.03 bits per heavy atom. The van der Waals surface area contributed by atoms with Crippen LogP contribution in [-0.4, -0.2) is 59.2 Å². The molecule has 0 aliphatic carbocycles. The predicted molar refractivity (Wildman–Crippen MR) is 111 cm³/mol. The van der Waals surface area contributed by atoms with E-state index in [2.05, 4.69) is 0 Å². The summed E-state index contributed by atoms with van der Waals surface area (Å²) in [6.45, 7) is 0.746. The molecular formula is C20H20N4O5S. The molecular weight excluding hydrogens is 408 g/mol. The Bertz CT molecular complexity index is 1240. The molecule has 156 valence electrons. The molecule has 0 unspecified atom stereocenters. The zero-order valence-corrected chi connectivity index (χ0v) is 17.1. The van der Waals surface area contributed by atoms with Crippen LogP contribution in [0.25, 0.3) is 10.9 Å². The van der Waals surface area contributed by atoms with E-state index in [0.717, 1.165) is 17.0 Å². The lowest BCUT2D eigenvalue weighted by molar-refractivity contribution is -0.385. The Labute approximate surface area is 173 Å². The van der Waals surface area contributed by atoms with Gasteiger partial charge < -0.3 is 9.47 Å². The normalized spacial score (nSPS) is 15.4. The van der Waals surface area contributed by atoms with E-state index in [0.29, 0.717) is 5.56 Å². The lowest BCUT2D eigenvalue weighted by atomic mass is 10.1. The number of nitro groups is 1. The number of carbonyl (C=O) groups is 1. The molecule has 0 radical (unpaired) electrons. The van der Waals surface area contributed by atoms with Gasteiger partial charge in [0.2, 0.25) is 10.0 Å². The summed E-state index contributed by atoms with van der Waals surface area (Å²) in [5.74, 6) is -0.140. The van der Waals surface area contributed by atoms with Crippen molar-refractivity contribution in [3.63, 3.8) is 0 Å². The second kappa shape index (κ2) is 7.54. The van der Waals surface area contributed by atoms with Crippen molar-refractivity contribution >= 4 is 32.5 Å². The number of non-ortho nitro benzene ring substituents is 1. The third kappa shape index (κ3) is 3.44. The number of aromatic nitrogens is 1. The molecule has 9 nitrogen and oxygen atoms in total. The number of amides is 1. The van der Waals surface area contributed by atoms with Crippen LogP contribution in [0.2, 0.25) is 0 Å². The van der Waals surface area contributed by atoms with E-state index in [-0.39, 0.29) is 42.7 Å². The van der Waals surface area contributed by atoms with Crippen molar-refractivity contribution in [1.29, 1.82) is 0 Å². The van der Waals surface area contributed by atoms with Crippen LogP contribution in [0, 0.1) is 10.1 Å². The van der Waals surface area contributed by atoms with Gasteiger partial charge in [-0.1, -0.05) is 24.3 Å². The highest BCUT2D eigenvalue weighted by Gasteiger charge is 2.32. The highest BCUT2D eigenvalue weighted by Crippen LogP contribution is 2.25. The van der Waals surface area contributed by atoms with Crippen molar-refractivity contribution in [2.24, 2.45) is 7.05 Å². The van der Waals surface area contributed by atoms with Crippen LogP contribution in [-0.2, 0) is 17.1 Å². The Kier molecular flexibility index (Phi) is 5.04. The zero-order valence-electron chi connectivity index (χ0n) is 16.3. The molecule has 3 aromatic rings. The molecule has 2 aromatic carbocycles. The van der Waals surface area contributed by atoms with Gasteiger partial charge in [-0.25, -0.2) is 8.42 Å². The van der Waals surface area contributed by atoms with Gasteiger partial charge in [0.05, 0.1) is 15.4 Å². The highest BCUT2D eigenvalue weighted by molar-refractivity contribution is 7.89. The molecule has 0 spiro atoms. The molecule has 10 heteroatoms. The number of sulfonamides is 1. The van der Waals surface area contributed by atoms with Crippen LogP contribution < -0.4 is 0 Å². The number of fused-ring (bicyclic) bond motifs is 1. The van der Waals surface area contributed by atoms with E-state index in [4.69, 9.17) is 0 Å². The van der Waals surface area contributed by atoms with Gasteiger partial charge in [0, 0.05) is 62.5 Å². The molecule has 0 N–H and O–H groups in total. The Balaban J connectivity index is 1.51. The summed E-state index contributed by atoms with van der Waals surface area (Å²) in [7, 11) is -2.00. The molecule has 1 amide bonds. The number of rotatable bonds is 4. The quantitative estimate of drug-likeness (QED) is 0.468. The molecule has 4 rings (SSSR count). The largest absolute Gasteiger partial charge is 0.350 e. The summed E-state index contributed by atoms with van der Waals surface area (Å²) in [6.07, 6.45) is 1.79. The van der Waals surface area contributed by atoms with Gasteiger partial charge in [-0.2, -0.15) is 4.31 Å². The van der Waals surface area contributed by atoms with Crippen molar-refractivity contribution in [2.45, 2.75) is 4.90 Å². The number of nitrogens with zero attached hydrogens (tertiary/aromatic N) is 4. The summed E-state index contributed by atoms with van der Waals surface area (Å²) in [6, 6.07) is 12.6. The molecule has 1 aromatic heterocycles. The van der Waals surface area contributed by atoms with Gasteiger partial charge in [0.25, 0.3) is 11.6 Å². The molecule has 2 heterocycles. The first kappa shape index (κ1) is 20.0. The summed E-state index contributed by atoms with van der Waals surface area (Å²) in [4.78, 5) is 24.9. The van der Waals surface area contributed by atoms with Crippen molar-refractivity contribution in [1.82, 2.24) is 13.8 Å². The van der Waals surface area contributed by atoms with E-state index >= 15 is 0 Å². The lowest BCUT2D eigenvalue weighted by Gasteiger charge is -2.34. The average molecular weight is 428 g/mol. The van der Waals surface area contributed by atoms with Crippen LogP contribution in [0.3, 0.4) is 0 Å². The first-order chi connectivity index (χ1) is 14.3. The number of aryl methyl sites for hydroxylation is 1. The van der Waals surface area contributed by atoms with Crippen LogP contribution in [0.5, 0.6) is 0 Å². The van der Waals surface area contributed by atoms with Crippen molar-refractivity contribution in [2.75, 3.05) is 26.2 Å². The first-order valence-electron chi connectivity index (χ1n) is 9.37. The molecule has 1 saturated heterocycles. The number of carbonyl (C=O) groups excluding carboxylic acids is 1. The Morgan fingerprint density at radius 3 is 2.43 bits per heavy atom. The summed E-state index contributed by atoms with van der Waals surface area (Å²) in [5.41, 5.74) is 1.26. The first-order valence-corrected chi connectivity index (χ1v) is 10.8. The Morgan fingerprint density at radius 2 is 1.73 bits per heavy atom. The summed E-state index contributed by atoms with van der Waals surface area (Å²) in [5, 5.41) is 11.8. The van der Waals surface area contributed by atoms with Crippen molar-refractivity contribution < 1.29 is 18.1 Å². The zero-order chi connectivity index (χ0) is 21.5. The maximum Gasteiger partial charge on any atom is 0.270 e. The minimum Gasteiger partial charge on any atom is -0.350 e. The van der Waals surface area contributed by atoms with Crippen molar-refractivity contribution in [3.05, 3.63) is 70.4 Å². The predicted octanol–water partition coefficient (Wildman–Crippen LogP) is 2.23.